The predicted octanol–water partition coefficient (Wildman–Crippen LogP) is 3.53. The third-order valence-electron chi connectivity index (χ3n) is 2.39. The molecule has 3 nitrogen and oxygen atoms in total. The van der Waals surface area contributed by atoms with Crippen molar-refractivity contribution in [1.82, 2.24) is 0 Å². The average molecular weight is 277 g/mol. The molecule has 1 aromatic carbocycles. The molecule has 0 fully saturated rings. The summed E-state index contributed by atoms with van der Waals surface area (Å²) in [5.74, 6) is 0.646. The van der Waals surface area contributed by atoms with Crippen molar-refractivity contribution in [3.8, 4) is 5.75 Å². The normalized spacial score (nSPS) is 11.6. The molecule has 0 bridgehead atoms. The lowest BCUT2D eigenvalue weighted by Gasteiger charge is -2.12. The van der Waals surface area contributed by atoms with E-state index in [0.29, 0.717) is 18.0 Å². The van der Waals surface area contributed by atoms with E-state index in [1.54, 1.807) is 18.2 Å². The van der Waals surface area contributed by atoms with Gasteiger partial charge in [0, 0.05) is 24.3 Å². The molecule has 1 rings (SSSR count). The summed E-state index contributed by atoms with van der Waals surface area (Å²) in [7, 11) is 0. The molecule has 2 N–H and O–H groups in total. The SMILES string of the molecule is CCOc1ccc(N)cc1COCCCC(F)(F)F. The Morgan fingerprint density at radius 3 is 2.63 bits per heavy atom. The lowest BCUT2D eigenvalue weighted by Crippen LogP contribution is -2.09. The van der Waals surface area contributed by atoms with Gasteiger partial charge in [-0.15, -0.1) is 0 Å². The van der Waals surface area contributed by atoms with Gasteiger partial charge in [0.2, 0.25) is 0 Å². The maximum absolute atomic E-state index is 11.9. The second-order valence-electron chi connectivity index (χ2n) is 4.07. The monoisotopic (exact) mass is 277 g/mol. The molecule has 108 valence electrons. The maximum atomic E-state index is 11.9. The average Bonchev–Trinajstić information content (AvgIpc) is 2.30. The fraction of sp³-hybridized carbons (Fsp3) is 0.538. The second kappa shape index (κ2) is 7.23. The number of nitrogen functional groups attached to an aromatic ring is 1. The van der Waals surface area contributed by atoms with E-state index in [4.69, 9.17) is 15.2 Å². The van der Waals surface area contributed by atoms with Gasteiger partial charge in [-0.25, -0.2) is 0 Å². The number of rotatable bonds is 7. The van der Waals surface area contributed by atoms with Gasteiger partial charge in [0.1, 0.15) is 5.75 Å². The van der Waals surface area contributed by atoms with E-state index in [9.17, 15) is 13.2 Å². The number of hydrogen-bond acceptors (Lipinski definition) is 3. The highest BCUT2D eigenvalue weighted by Crippen LogP contribution is 2.23. The van der Waals surface area contributed by atoms with Crippen LogP contribution in [0.25, 0.3) is 0 Å². The van der Waals surface area contributed by atoms with E-state index in [-0.39, 0.29) is 19.6 Å². The molecule has 0 saturated heterocycles. The highest BCUT2D eigenvalue weighted by molar-refractivity contribution is 5.47. The molecule has 0 aromatic heterocycles. The summed E-state index contributed by atoms with van der Waals surface area (Å²) in [6.45, 7) is 2.60. The Morgan fingerprint density at radius 2 is 2.00 bits per heavy atom. The van der Waals surface area contributed by atoms with E-state index < -0.39 is 12.6 Å². The standard InChI is InChI=1S/C13H18F3NO2/c1-2-19-12-5-4-11(17)8-10(12)9-18-7-3-6-13(14,15)16/h4-5,8H,2-3,6-7,9,17H2,1H3. The highest BCUT2D eigenvalue weighted by atomic mass is 19.4. The zero-order chi connectivity index (χ0) is 14.3. The number of benzene rings is 1. The molecule has 0 spiro atoms. The molecule has 0 aliphatic carbocycles. The van der Waals surface area contributed by atoms with E-state index in [2.05, 4.69) is 0 Å². The van der Waals surface area contributed by atoms with Crippen molar-refractivity contribution in [3.05, 3.63) is 23.8 Å². The van der Waals surface area contributed by atoms with Gasteiger partial charge in [0.15, 0.2) is 0 Å². The third kappa shape index (κ3) is 6.33. The first kappa shape index (κ1) is 15.6. The van der Waals surface area contributed by atoms with Gasteiger partial charge in [0.05, 0.1) is 13.2 Å². The number of halogens is 3. The largest absolute Gasteiger partial charge is 0.494 e. The zero-order valence-corrected chi connectivity index (χ0v) is 10.8. The van der Waals surface area contributed by atoms with Crippen LogP contribution < -0.4 is 10.5 Å². The Bertz CT molecular complexity index is 394. The summed E-state index contributed by atoms with van der Waals surface area (Å²) in [6, 6.07) is 5.14. The molecule has 0 atom stereocenters. The molecule has 0 amide bonds. The number of anilines is 1. The van der Waals surface area contributed by atoms with Gasteiger partial charge in [-0.1, -0.05) is 0 Å². The molecule has 0 aliphatic heterocycles. The van der Waals surface area contributed by atoms with Crippen LogP contribution in [0, 0.1) is 0 Å². The first-order chi connectivity index (χ1) is 8.92. The van der Waals surface area contributed by atoms with Crippen LogP contribution in [-0.4, -0.2) is 19.4 Å². The number of hydrogen-bond donors (Lipinski definition) is 1. The van der Waals surface area contributed by atoms with Crippen LogP contribution in [0.2, 0.25) is 0 Å². The zero-order valence-electron chi connectivity index (χ0n) is 10.8. The topological polar surface area (TPSA) is 44.5 Å². The summed E-state index contributed by atoms with van der Waals surface area (Å²) in [6.07, 6.45) is -5.00. The van der Waals surface area contributed by atoms with Crippen LogP contribution in [0.4, 0.5) is 18.9 Å². The summed E-state index contributed by atoms with van der Waals surface area (Å²) in [5, 5.41) is 0. The Labute approximate surface area is 110 Å². The minimum absolute atomic E-state index is 0.0458. The quantitative estimate of drug-likeness (QED) is 0.612. The fourth-order valence-electron chi connectivity index (χ4n) is 1.57. The van der Waals surface area contributed by atoms with Crippen molar-refractivity contribution in [1.29, 1.82) is 0 Å². The summed E-state index contributed by atoms with van der Waals surface area (Å²) in [5.41, 5.74) is 6.96. The molecule has 0 radical (unpaired) electrons. The lowest BCUT2D eigenvalue weighted by atomic mass is 10.2. The Balaban J connectivity index is 2.41. The first-order valence-corrected chi connectivity index (χ1v) is 6.08. The Morgan fingerprint density at radius 1 is 1.26 bits per heavy atom. The minimum Gasteiger partial charge on any atom is -0.494 e. The van der Waals surface area contributed by atoms with Gasteiger partial charge in [-0.05, 0) is 31.5 Å². The van der Waals surface area contributed by atoms with E-state index in [1.807, 2.05) is 6.92 Å². The van der Waals surface area contributed by atoms with Crippen LogP contribution in [-0.2, 0) is 11.3 Å². The molecule has 0 aliphatic rings. The molecule has 0 unspecified atom stereocenters. The van der Waals surface area contributed by atoms with Crippen molar-refractivity contribution >= 4 is 5.69 Å². The van der Waals surface area contributed by atoms with E-state index >= 15 is 0 Å². The van der Waals surface area contributed by atoms with Crippen LogP contribution in [0.15, 0.2) is 18.2 Å². The highest BCUT2D eigenvalue weighted by Gasteiger charge is 2.25. The molecular weight excluding hydrogens is 259 g/mol. The molecule has 0 heterocycles. The van der Waals surface area contributed by atoms with Gasteiger partial charge in [-0.3, -0.25) is 0 Å². The number of nitrogens with two attached hydrogens (primary N) is 1. The summed E-state index contributed by atoms with van der Waals surface area (Å²) < 4.78 is 46.4. The van der Waals surface area contributed by atoms with Gasteiger partial charge in [-0.2, -0.15) is 13.2 Å². The van der Waals surface area contributed by atoms with Crippen LogP contribution >= 0.6 is 0 Å². The molecule has 19 heavy (non-hydrogen) atoms. The Kier molecular flexibility index (Phi) is 5.95. The molecule has 1 aromatic rings. The summed E-state index contributed by atoms with van der Waals surface area (Å²) >= 11 is 0. The smallest absolute Gasteiger partial charge is 0.389 e. The van der Waals surface area contributed by atoms with Crippen molar-refractivity contribution in [2.45, 2.75) is 32.5 Å². The maximum Gasteiger partial charge on any atom is 0.389 e. The van der Waals surface area contributed by atoms with Crippen molar-refractivity contribution in [3.63, 3.8) is 0 Å². The van der Waals surface area contributed by atoms with Crippen LogP contribution in [0.3, 0.4) is 0 Å². The van der Waals surface area contributed by atoms with E-state index in [0.717, 1.165) is 5.56 Å². The van der Waals surface area contributed by atoms with Gasteiger partial charge in [0.25, 0.3) is 0 Å². The van der Waals surface area contributed by atoms with Crippen LogP contribution in [0.1, 0.15) is 25.3 Å². The van der Waals surface area contributed by atoms with Crippen LogP contribution in [0.5, 0.6) is 5.75 Å². The third-order valence-corrected chi connectivity index (χ3v) is 2.39. The molecule has 6 heteroatoms. The molecular formula is C13H18F3NO2. The van der Waals surface area contributed by atoms with Gasteiger partial charge >= 0.3 is 6.18 Å². The molecule has 0 saturated carbocycles. The number of ether oxygens (including phenoxy) is 2. The van der Waals surface area contributed by atoms with Crippen molar-refractivity contribution in [2.24, 2.45) is 0 Å². The summed E-state index contributed by atoms with van der Waals surface area (Å²) in [4.78, 5) is 0. The number of alkyl halides is 3. The van der Waals surface area contributed by atoms with Crippen molar-refractivity contribution < 1.29 is 22.6 Å². The van der Waals surface area contributed by atoms with Crippen molar-refractivity contribution in [2.75, 3.05) is 18.9 Å². The Hall–Kier alpha value is -1.43. The second-order valence-corrected chi connectivity index (χ2v) is 4.07. The first-order valence-electron chi connectivity index (χ1n) is 6.08. The lowest BCUT2D eigenvalue weighted by molar-refractivity contribution is -0.138. The van der Waals surface area contributed by atoms with E-state index in [1.165, 1.54) is 0 Å². The fourth-order valence-corrected chi connectivity index (χ4v) is 1.57. The predicted molar refractivity (Wildman–Crippen MR) is 67.0 cm³/mol. The minimum atomic E-state index is -4.13. The van der Waals surface area contributed by atoms with Gasteiger partial charge < -0.3 is 15.2 Å².